The topological polar surface area (TPSA) is 43.1 Å². The molecule has 2 nitrogen and oxygen atoms in total. The monoisotopic (exact) mass is 205 g/mol. The number of rotatable bonds is 4. The van der Waals surface area contributed by atoms with E-state index in [0.717, 1.165) is 17.5 Å². The minimum absolute atomic E-state index is 0.296. The van der Waals surface area contributed by atoms with Crippen molar-refractivity contribution in [3.8, 4) is 0 Å². The van der Waals surface area contributed by atoms with Crippen molar-refractivity contribution in [3.05, 3.63) is 48.0 Å². The molecule has 1 aromatic rings. The molecule has 0 bridgehead atoms. The van der Waals surface area contributed by atoms with Gasteiger partial charge in [-0.25, -0.2) is 0 Å². The molecule has 0 radical (unpaired) electrons. The summed E-state index contributed by atoms with van der Waals surface area (Å²) in [6.07, 6.45) is 2.97. The first kappa shape index (κ1) is 13.4. The number of carbonyl (C=O) groups is 1. The summed E-state index contributed by atoms with van der Waals surface area (Å²) in [4.78, 5) is 10.6. The Bertz CT molecular complexity index is 318. The van der Waals surface area contributed by atoms with E-state index in [-0.39, 0.29) is 5.91 Å². The molecule has 0 spiro atoms. The SMILES string of the molecule is C=CCc1cccc(CC(N)=O)c1.CC. The molecule has 82 valence electrons. The lowest BCUT2D eigenvalue weighted by atomic mass is 10.1. The molecule has 0 heterocycles. The van der Waals surface area contributed by atoms with E-state index in [4.69, 9.17) is 5.73 Å². The lowest BCUT2D eigenvalue weighted by molar-refractivity contribution is -0.117. The number of amides is 1. The van der Waals surface area contributed by atoms with Crippen LogP contribution < -0.4 is 5.73 Å². The standard InChI is InChI=1S/C11H13NO.C2H6/c1-2-4-9-5-3-6-10(7-9)8-11(12)13;1-2/h2-3,5-7H,1,4,8H2,(H2,12,13);1-2H3. The van der Waals surface area contributed by atoms with Gasteiger partial charge in [-0.1, -0.05) is 44.2 Å². The first-order valence-electron chi connectivity index (χ1n) is 5.19. The van der Waals surface area contributed by atoms with Gasteiger partial charge in [-0.3, -0.25) is 4.79 Å². The van der Waals surface area contributed by atoms with Crippen LogP contribution in [0.15, 0.2) is 36.9 Å². The number of hydrogen-bond donors (Lipinski definition) is 1. The van der Waals surface area contributed by atoms with Gasteiger partial charge in [0.1, 0.15) is 0 Å². The van der Waals surface area contributed by atoms with Crippen molar-refractivity contribution in [3.63, 3.8) is 0 Å². The lowest BCUT2D eigenvalue weighted by Crippen LogP contribution is -2.13. The second kappa shape index (κ2) is 7.80. The smallest absolute Gasteiger partial charge is 0.221 e. The maximum absolute atomic E-state index is 10.6. The van der Waals surface area contributed by atoms with Crippen molar-refractivity contribution in [2.24, 2.45) is 5.73 Å². The van der Waals surface area contributed by atoms with Gasteiger partial charge in [-0.15, -0.1) is 6.58 Å². The molecule has 2 N–H and O–H groups in total. The Balaban J connectivity index is 0.000000921. The molecule has 2 heteroatoms. The van der Waals surface area contributed by atoms with Crippen molar-refractivity contribution < 1.29 is 4.79 Å². The van der Waals surface area contributed by atoms with E-state index < -0.39 is 0 Å². The van der Waals surface area contributed by atoms with Gasteiger partial charge in [0.15, 0.2) is 0 Å². The third-order valence-corrected chi connectivity index (χ3v) is 1.75. The van der Waals surface area contributed by atoms with Crippen molar-refractivity contribution in [2.45, 2.75) is 26.7 Å². The van der Waals surface area contributed by atoms with Gasteiger partial charge in [0.25, 0.3) is 0 Å². The molecule has 0 saturated carbocycles. The van der Waals surface area contributed by atoms with Gasteiger partial charge in [0, 0.05) is 0 Å². The summed E-state index contributed by atoms with van der Waals surface area (Å²) in [7, 11) is 0. The van der Waals surface area contributed by atoms with Crippen LogP contribution >= 0.6 is 0 Å². The quantitative estimate of drug-likeness (QED) is 0.754. The predicted octanol–water partition coefficient (Wildman–Crippen LogP) is 2.47. The second-order valence-corrected chi connectivity index (χ2v) is 2.96. The van der Waals surface area contributed by atoms with E-state index in [0.29, 0.717) is 6.42 Å². The van der Waals surface area contributed by atoms with E-state index in [1.165, 1.54) is 0 Å². The molecule has 0 aliphatic heterocycles. The molecule has 0 unspecified atom stereocenters. The average Bonchev–Trinajstić information content (AvgIpc) is 2.21. The fraction of sp³-hybridized carbons (Fsp3) is 0.308. The summed E-state index contributed by atoms with van der Waals surface area (Å²) in [5.74, 6) is -0.296. The highest BCUT2D eigenvalue weighted by Gasteiger charge is 1.98. The number of benzene rings is 1. The highest BCUT2D eigenvalue weighted by Crippen LogP contribution is 2.06. The van der Waals surface area contributed by atoms with Crippen molar-refractivity contribution in [1.29, 1.82) is 0 Å². The van der Waals surface area contributed by atoms with Crippen LogP contribution in [0, 0.1) is 0 Å². The Hall–Kier alpha value is -1.57. The molecule has 0 aliphatic carbocycles. The van der Waals surface area contributed by atoms with Gasteiger partial charge in [-0.2, -0.15) is 0 Å². The van der Waals surface area contributed by atoms with Gasteiger partial charge < -0.3 is 5.73 Å². The van der Waals surface area contributed by atoms with Crippen LogP contribution in [0.2, 0.25) is 0 Å². The number of carbonyl (C=O) groups excluding carboxylic acids is 1. The van der Waals surface area contributed by atoms with Gasteiger partial charge in [0.05, 0.1) is 6.42 Å². The Labute approximate surface area is 91.8 Å². The molecular formula is C13H19NO. The van der Waals surface area contributed by atoms with Gasteiger partial charge in [0.2, 0.25) is 5.91 Å². The maximum Gasteiger partial charge on any atom is 0.221 e. The Morgan fingerprint density at radius 2 is 2.00 bits per heavy atom. The Morgan fingerprint density at radius 3 is 2.53 bits per heavy atom. The second-order valence-electron chi connectivity index (χ2n) is 2.96. The Kier molecular flexibility index (Phi) is 6.98. The lowest BCUT2D eigenvalue weighted by Gasteiger charge is -2.00. The van der Waals surface area contributed by atoms with Crippen molar-refractivity contribution >= 4 is 5.91 Å². The third-order valence-electron chi connectivity index (χ3n) is 1.75. The number of primary amides is 1. The van der Waals surface area contributed by atoms with Gasteiger partial charge >= 0.3 is 0 Å². The van der Waals surface area contributed by atoms with E-state index in [9.17, 15) is 4.79 Å². The highest BCUT2D eigenvalue weighted by molar-refractivity contribution is 5.76. The molecule has 0 atom stereocenters. The minimum Gasteiger partial charge on any atom is -0.369 e. The molecule has 0 saturated heterocycles. The van der Waals surface area contributed by atoms with Crippen LogP contribution in [0.5, 0.6) is 0 Å². The van der Waals surface area contributed by atoms with Gasteiger partial charge in [-0.05, 0) is 17.5 Å². The molecule has 0 aliphatic rings. The fourth-order valence-electron chi connectivity index (χ4n) is 1.23. The zero-order valence-electron chi connectivity index (χ0n) is 9.49. The van der Waals surface area contributed by atoms with Crippen LogP contribution in [0.4, 0.5) is 0 Å². The predicted molar refractivity (Wildman–Crippen MR) is 64.6 cm³/mol. The van der Waals surface area contributed by atoms with E-state index in [1.807, 2.05) is 44.2 Å². The van der Waals surface area contributed by atoms with Crippen molar-refractivity contribution in [2.75, 3.05) is 0 Å². The van der Waals surface area contributed by atoms with Crippen LogP contribution in [0.25, 0.3) is 0 Å². The number of nitrogens with two attached hydrogens (primary N) is 1. The number of allylic oxidation sites excluding steroid dienone is 1. The molecule has 0 fully saturated rings. The highest BCUT2D eigenvalue weighted by atomic mass is 16.1. The molecule has 0 aromatic heterocycles. The molecule has 1 aromatic carbocycles. The summed E-state index contributed by atoms with van der Waals surface area (Å²) in [6.45, 7) is 7.65. The Morgan fingerprint density at radius 1 is 1.40 bits per heavy atom. The van der Waals surface area contributed by atoms with Crippen LogP contribution in [0.1, 0.15) is 25.0 Å². The summed E-state index contributed by atoms with van der Waals surface area (Å²) in [5.41, 5.74) is 7.21. The van der Waals surface area contributed by atoms with Crippen LogP contribution in [-0.2, 0) is 17.6 Å². The first-order chi connectivity index (χ1) is 7.22. The normalized spacial score (nSPS) is 8.67. The van der Waals surface area contributed by atoms with E-state index >= 15 is 0 Å². The molecular weight excluding hydrogens is 186 g/mol. The van der Waals surface area contributed by atoms with Crippen LogP contribution in [0.3, 0.4) is 0 Å². The zero-order chi connectivity index (χ0) is 11.7. The minimum atomic E-state index is -0.296. The summed E-state index contributed by atoms with van der Waals surface area (Å²) >= 11 is 0. The largest absolute Gasteiger partial charge is 0.369 e. The summed E-state index contributed by atoms with van der Waals surface area (Å²) in [5, 5.41) is 0. The van der Waals surface area contributed by atoms with E-state index in [2.05, 4.69) is 6.58 Å². The number of hydrogen-bond acceptors (Lipinski definition) is 1. The average molecular weight is 205 g/mol. The molecule has 1 amide bonds. The summed E-state index contributed by atoms with van der Waals surface area (Å²) < 4.78 is 0. The fourth-order valence-corrected chi connectivity index (χ4v) is 1.23. The third kappa shape index (κ3) is 5.68. The van der Waals surface area contributed by atoms with E-state index in [1.54, 1.807) is 0 Å². The molecule has 15 heavy (non-hydrogen) atoms. The van der Waals surface area contributed by atoms with Crippen molar-refractivity contribution in [1.82, 2.24) is 0 Å². The first-order valence-corrected chi connectivity index (χ1v) is 5.19. The molecule has 1 rings (SSSR count). The summed E-state index contributed by atoms with van der Waals surface area (Å²) in [6, 6.07) is 7.81. The maximum atomic E-state index is 10.6. The van der Waals surface area contributed by atoms with Crippen LogP contribution in [-0.4, -0.2) is 5.91 Å². The zero-order valence-corrected chi connectivity index (χ0v) is 9.49.